The minimum atomic E-state index is -1.04. The Bertz CT molecular complexity index is 1560. The number of rotatable bonds is 3. The van der Waals surface area contributed by atoms with Crippen molar-refractivity contribution in [3.8, 4) is 0 Å². The SMILES string of the molecule is O=C1C2=C(C(=O)c3ccccc31)C(/C=C/c1ccccc1[N+](=O)[O-])c1c([nH]c(=O)[nH]c1=O)N2. The average molecular weight is 442 g/mol. The molecule has 0 saturated carbocycles. The molecule has 2 aliphatic rings. The van der Waals surface area contributed by atoms with E-state index in [1.165, 1.54) is 42.5 Å². The Hall–Kier alpha value is -4.86. The number of nitrogens with zero attached hydrogens (tertiary/aromatic N) is 1. The molecule has 3 aromatic rings. The summed E-state index contributed by atoms with van der Waals surface area (Å²) in [5.41, 5.74) is -1.06. The van der Waals surface area contributed by atoms with E-state index in [2.05, 4.69) is 15.3 Å². The summed E-state index contributed by atoms with van der Waals surface area (Å²) in [4.78, 5) is 66.6. The van der Waals surface area contributed by atoms with E-state index in [0.29, 0.717) is 0 Å². The largest absolute Gasteiger partial charge is 0.338 e. The molecule has 1 aliphatic carbocycles. The van der Waals surface area contributed by atoms with Crippen LogP contribution in [0.4, 0.5) is 11.5 Å². The van der Waals surface area contributed by atoms with Gasteiger partial charge >= 0.3 is 5.69 Å². The van der Waals surface area contributed by atoms with Crippen molar-refractivity contribution in [3.05, 3.63) is 119 Å². The van der Waals surface area contributed by atoms with E-state index in [0.717, 1.165) is 0 Å². The Balaban J connectivity index is 1.74. The first-order valence-electron chi connectivity index (χ1n) is 9.84. The summed E-state index contributed by atoms with van der Waals surface area (Å²) in [5.74, 6) is -1.97. The van der Waals surface area contributed by atoms with Gasteiger partial charge in [0.2, 0.25) is 5.78 Å². The fourth-order valence-electron chi connectivity index (χ4n) is 4.16. The number of carbonyl (C=O) groups excluding carboxylic acids is 2. The third-order valence-electron chi connectivity index (χ3n) is 5.61. The monoisotopic (exact) mass is 442 g/mol. The van der Waals surface area contributed by atoms with Gasteiger partial charge in [-0.15, -0.1) is 0 Å². The minimum Gasteiger partial charge on any atom is -0.338 e. The molecule has 0 amide bonds. The minimum absolute atomic E-state index is 0.0137. The molecular weight excluding hydrogens is 428 g/mol. The summed E-state index contributed by atoms with van der Waals surface area (Å²) in [6.45, 7) is 0. The number of ketones is 2. The molecule has 0 bridgehead atoms. The lowest BCUT2D eigenvalue weighted by Crippen LogP contribution is -2.38. The second-order valence-corrected chi connectivity index (χ2v) is 7.47. The normalized spacial score (nSPS) is 16.8. The average Bonchev–Trinajstić information content (AvgIpc) is 2.80. The number of hydrogen-bond acceptors (Lipinski definition) is 7. The highest BCUT2D eigenvalue weighted by Crippen LogP contribution is 2.41. The Morgan fingerprint density at radius 1 is 0.879 bits per heavy atom. The van der Waals surface area contributed by atoms with Crippen LogP contribution in [0.1, 0.15) is 37.8 Å². The van der Waals surface area contributed by atoms with Gasteiger partial charge in [0.15, 0.2) is 5.78 Å². The molecule has 33 heavy (non-hydrogen) atoms. The number of benzene rings is 2. The maximum Gasteiger partial charge on any atom is 0.327 e. The van der Waals surface area contributed by atoms with E-state index < -0.39 is 33.7 Å². The lowest BCUT2D eigenvalue weighted by Gasteiger charge is -2.31. The van der Waals surface area contributed by atoms with Crippen LogP contribution in [0.15, 0.2) is 75.5 Å². The first-order chi connectivity index (χ1) is 15.9. The van der Waals surface area contributed by atoms with E-state index >= 15 is 0 Å². The molecule has 1 aliphatic heterocycles. The third-order valence-corrected chi connectivity index (χ3v) is 5.61. The number of aromatic nitrogens is 2. The topological polar surface area (TPSA) is 155 Å². The highest BCUT2D eigenvalue weighted by atomic mass is 16.6. The van der Waals surface area contributed by atoms with Crippen molar-refractivity contribution in [2.75, 3.05) is 5.32 Å². The molecule has 3 N–H and O–H groups in total. The summed E-state index contributed by atoms with van der Waals surface area (Å²) in [5, 5.41) is 14.1. The molecule has 1 unspecified atom stereocenters. The molecule has 0 spiro atoms. The van der Waals surface area contributed by atoms with Crippen molar-refractivity contribution in [3.63, 3.8) is 0 Å². The molecule has 0 fully saturated rings. The van der Waals surface area contributed by atoms with Gasteiger partial charge in [-0.25, -0.2) is 4.79 Å². The zero-order valence-corrected chi connectivity index (χ0v) is 16.7. The highest BCUT2D eigenvalue weighted by molar-refractivity contribution is 6.28. The number of Topliss-reactive ketones (excluding diaryl/α,β-unsaturated/α-hetero) is 2. The van der Waals surface area contributed by atoms with Crippen molar-refractivity contribution in [2.45, 2.75) is 5.92 Å². The zero-order valence-electron chi connectivity index (χ0n) is 16.7. The first kappa shape index (κ1) is 20.1. The van der Waals surface area contributed by atoms with E-state index in [-0.39, 0.29) is 45.0 Å². The molecule has 1 aromatic heterocycles. The van der Waals surface area contributed by atoms with Crippen LogP contribution in [0, 0.1) is 10.1 Å². The van der Waals surface area contributed by atoms with Gasteiger partial charge in [0.25, 0.3) is 11.2 Å². The number of aromatic amines is 2. The van der Waals surface area contributed by atoms with Gasteiger partial charge in [0, 0.05) is 28.7 Å². The van der Waals surface area contributed by atoms with Gasteiger partial charge < -0.3 is 5.32 Å². The molecule has 0 saturated heterocycles. The number of para-hydroxylation sites is 1. The van der Waals surface area contributed by atoms with Crippen LogP contribution in [0.25, 0.3) is 6.08 Å². The lowest BCUT2D eigenvalue weighted by atomic mass is 9.77. The number of anilines is 1. The van der Waals surface area contributed by atoms with Crippen LogP contribution in [-0.4, -0.2) is 26.5 Å². The summed E-state index contributed by atoms with van der Waals surface area (Å²) in [6.07, 6.45) is 2.87. The van der Waals surface area contributed by atoms with Crippen molar-refractivity contribution in [1.29, 1.82) is 0 Å². The van der Waals surface area contributed by atoms with Gasteiger partial charge in [-0.3, -0.25) is 34.5 Å². The molecule has 1 atom stereocenters. The van der Waals surface area contributed by atoms with Crippen molar-refractivity contribution in [1.82, 2.24) is 9.97 Å². The van der Waals surface area contributed by atoms with Crippen molar-refractivity contribution < 1.29 is 14.5 Å². The highest BCUT2D eigenvalue weighted by Gasteiger charge is 2.41. The molecular formula is C23H14N4O6. The van der Waals surface area contributed by atoms with Crippen molar-refractivity contribution >= 4 is 29.1 Å². The molecule has 2 heterocycles. The first-order valence-corrected chi connectivity index (χ1v) is 9.84. The number of carbonyl (C=O) groups is 2. The molecule has 10 heteroatoms. The van der Waals surface area contributed by atoms with Gasteiger partial charge in [-0.05, 0) is 6.07 Å². The number of nitro benzene ring substituents is 1. The van der Waals surface area contributed by atoms with E-state index in [1.54, 1.807) is 18.2 Å². The Morgan fingerprint density at radius 2 is 1.55 bits per heavy atom. The summed E-state index contributed by atoms with van der Waals surface area (Å²) < 4.78 is 0. The van der Waals surface area contributed by atoms with Crippen LogP contribution in [0.2, 0.25) is 0 Å². The van der Waals surface area contributed by atoms with Crippen LogP contribution >= 0.6 is 0 Å². The number of nitro groups is 1. The summed E-state index contributed by atoms with van der Waals surface area (Å²) in [6, 6.07) is 12.3. The van der Waals surface area contributed by atoms with Gasteiger partial charge in [-0.1, -0.05) is 48.6 Å². The maximum absolute atomic E-state index is 13.4. The lowest BCUT2D eigenvalue weighted by molar-refractivity contribution is -0.385. The van der Waals surface area contributed by atoms with E-state index in [4.69, 9.17) is 0 Å². The smallest absolute Gasteiger partial charge is 0.327 e. The second-order valence-electron chi connectivity index (χ2n) is 7.47. The Labute approximate surface area is 184 Å². The van der Waals surface area contributed by atoms with E-state index in [9.17, 15) is 29.3 Å². The molecule has 10 nitrogen and oxygen atoms in total. The third kappa shape index (κ3) is 3.12. The Kier molecular flexibility index (Phi) is 4.49. The fourth-order valence-corrected chi connectivity index (χ4v) is 4.16. The molecule has 2 aromatic carbocycles. The molecule has 0 radical (unpaired) electrons. The number of fused-ring (bicyclic) bond motifs is 2. The summed E-state index contributed by atoms with van der Waals surface area (Å²) >= 11 is 0. The van der Waals surface area contributed by atoms with Crippen LogP contribution in [0.5, 0.6) is 0 Å². The summed E-state index contributed by atoms with van der Waals surface area (Å²) in [7, 11) is 0. The zero-order chi connectivity index (χ0) is 23.3. The van der Waals surface area contributed by atoms with Crippen LogP contribution in [0.3, 0.4) is 0 Å². The quantitative estimate of drug-likeness (QED) is 0.416. The number of allylic oxidation sites excluding steroid dienone is 3. The standard InChI is InChI=1S/C23H14N4O6/c28-19-12-6-2-3-7-13(12)20(29)18-16(19)14(17-21(24-18)25-23(31)26-22(17)30)10-9-11-5-1-4-8-15(11)27(32)33/h1-10,14H,(H3,24,25,26,30,31)/b10-9+. The predicted molar refractivity (Wildman–Crippen MR) is 118 cm³/mol. The predicted octanol–water partition coefficient (Wildman–Crippen LogP) is 2.53. The van der Waals surface area contributed by atoms with Gasteiger partial charge in [-0.2, -0.15) is 0 Å². The number of hydrogen-bond donors (Lipinski definition) is 3. The van der Waals surface area contributed by atoms with Gasteiger partial charge in [0.05, 0.1) is 21.7 Å². The van der Waals surface area contributed by atoms with Crippen LogP contribution < -0.4 is 16.6 Å². The Morgan fingerprint density at radius 3 is 2.27 bits per heavy atom. The second kappa shape index (κ2) is 7.38. The fraction of sp³-hybridized carbons (Fsp3) is 0.0435. The molecule has 162 valence electrons. The van der Waals surface area contributed by atoms with Gasteiger partial charge in [0.1, 0.15) is 5.82 Å². The number of H-pyrrole nitrogens is 2. The maximum atomic E-state index is 13.4. The molecule has 5 rings (SSSR count). The van der Waals surface area contributed by atoms with Crippen LogP contribution in [-0.2, 0) is 0 Å². The van der Waals surface area contributed by atoms with E-state index in [1.807, 2.05) is 0 Å². The number of nitrogens with one attached hydrogen (secondary N) is 3. The van der Waals surface area contributed by atoms with Crippen molar-refractivity contribution in [2.24, 2.45) is 0 Å².